The molecule has 1 N–H and O–H groups in total. The minimum Gasteiger partial charge on any atom is -0.489 e. The molecule has 0 spiro atoms. The Morgan fingerprint density at radius 3 is 2.65 bits per heavy atom. The zero-order chi connectivity index (χ0) is 14.5. The molecule has 0 aliphatic carbocycles. The summed E-state index contributed by atoms with van der Waals surface area (Å²) in [6.07, 6.45) is 1.19. The Labute approximate surface area is 116 Å². The van der Waals surface area contributed by atoms with Crippen LogP contribution in [0.5, 0.6) is 5.75 Å². The monoisotopic (exact) mass is 274 g/mol. The van der Waals surface area contributed by atoms with Crippen molar-refractivity contribution in [3.8, 4) is 5.75 Å². The second-order valence-electron chi connectivity index (χ2n) is 4.49. The topological polar surface area (TPSA) is 51.2 Å². The number of carbonyl (C=O) groups excluding carboxylic acids is 1. The summed E-state index contributed by atoms with van der Waals surface area (Å²) in [7, 11) is 0. The second-order valence-corrected chi connectivity index (χ2v) is 4.49. The largest absolute Gasteiger partial charge is 0.489 e. The number of carbonyl (C=O) groups is 1. The highest BCUT2D eigenvalue weighted by atomic mass is 19.1. The van der Waals surface area contributed by atoms with Crippen molar-refractivity contribution >= 4 is 11.6 Å². The van der Waals surface area contributed by atoms with Crippen LogP contribution in [0.3, 0.4) is 0 Å². The number of pyridine rings is 1. The zero-order valence-electron chi connectivity index (χ0n) is 11.3. The van der Waals surface area contributed by atoms with Crippen molar-refractivity contribution in [3.05, 3.63) is 54.1 Å². The van der Waals surface area contributed by atoms with Crippen molar-refractivity contribution in [3.63, 3.8) is 0 Å². The quantitative estimate of drug-likeness (QED) is 0.871. The Hall–Kier alpha value is -2.43. The lowest BCUT2D eigenvalue weighted by Crippen LogP contribution is -2.14. The molecule has 1 heterocycles. The van der Waals surface area contributed by atoms with Gasteiger partial charge in [-0.3, -0.25) is 4.79 Å². The molecule has 0 radical (unpaired) electrons. The van der Waals surface area contributed by atoms with Crippen molar-refractivity contribution in [1.29, 1.82) is 0 Å². The van der Waals surface area contributed by atoms with Gasteiger partial charge in [0.1, 0.15) is 5.75 Å². The number of anilines is 1. The van der Waals surface area contributed by atoms with Crippen LogP contribution in [-0.4, -0.2) is 17.0 Å². The van der Waals surface area contributed by atoms with Gasteiger partial charge in [-0.1, -0.05) is 12.1 Å². The molecular weight excluding hydrogens is 259 g/mol. The average Bonchev–Trinajstić information content (AvgIpc) is 2.41. The minimum atomic E-state index is -0.620. The maximum Gasteiger partial charge on any atom is 0.257 e. The SMILES string of the molecule is CC(C)Oc1ccccc1NC(=O)c1ccc(F)nc1. The van der Waals surface area contributed by atoms with Crippen LogP contribution in [0.2, 0.25) is 0 Å². The summed E-state index contributed by atoms with van der Waals surface area (Å²) < 4.78 is 18.3. The molecule has 104 valence electrons. The lowest BCUT2D eigenvalue weighted by Gasteiger charge is -2.14. The number of halogens is 1. The van der Waals surface area contributed by atoms with Crippen LogP contribution in [0.15, 0.2) is 42.6 Å². The number of nitrogens with zero attached hydrogens (tertiary/aromatic N) is 1. The van der Waals surface area contributed by atoms with E-state index in [2.05, 4.69) is 10.3 Å². The molecular formula is C15H15FN2O2. The molecule has 0 saturated carbocycles. The highest BCUT2D eigenvalue weighted by molar-refractivity contribution is 6.04. The minimum absolute atomic E-state index is 0.000500. The first kappa shape index (κ1) is 14.0. The molecule has 5 heteroatoms. The Morgan fingerprint density at radius 1 is 1.25 bits per heavy atom. The van der Waals surface area contributed by atoms with Gasteiger partial charge in [0.15, 0.2) is 0 Å². The predicted octanol–water partition coefficient (Wildman–Crippen LogP) is 3.26. The van der Waals surface area contributed by atoms with E-state index in [1.165, 1.54) is 12.3 Å². The average molecular weight is 274 g/mol. The first-order valence-corrected chi connectivity index (χ1v) is 6.25. The smallest absolute Gasteiger partial charge is 0.257 e. The third-order valence-electron chi connectivity index (χ3n) is 2.49. The van der Waals surface area contributed by atoms with Crippen LogP contribution in [-0.2, 0) is 0 Å². The Bertz CT molecular complexity index is 597. The number of nitrogens with one attached hydrogen (secondary N) is 1. The number of para-hydroxylation sites is 2. The molecule has 0 aliphatic rings. The van der Waals surface area contributed by atoms with Crippen LogP contribution in [0.4, 0.5) is 10.1 Å². The van der Waals surface area contributed by atoms with E-state index in [4.69, 9.17) is 4.74 Å². The number of aromatic nitrogens is 1. The molecule has 0 aliphatic heterocycles. The third-order valence-corrected chi connectivity index (χ3v) is 2.49. The fraction of sp³-hybridized carbons (Fsp3) is 0.200. The van der Waals surface area contributed by atoms with Gasteiger partial charge >= 0.3 is 0 Å². The van der Waals surface area contributed by atoms with Gasteiger partial charge in [0, 0.05) is 6.20 Å². The lowest BCUT2D eigenvalue weighted by atomic mass is 10.2. The molecule has 0 bridgehead atoms. The van der Waals surface area contributed by atoms with E-state index in [0.29, 0.717) is 11.4 Å². The maximum atomic E-state index is 12.7. The standard InChI is InChI=1S/C15H15FN2O2/c1-10(2)20-13-6-4-3-5-12(13)18-15(19)11-7-8-14(16)17-9-11/h3-10H,1-2H3,(H,18,19). The Kier molecular flexibility index (Phi) is 4.30. The summed E-state index contributed by atoms with van der Waals surface area (Å²) in [6, 6.07) is 9.67. The molecule has 2 rings (SSSR count). The summed E-state index contributed by atoms with van der Waals surface area (Å²) >= 11 is 0. The first-order valence-electron chi connectivity index (χ1n) is 6.25. The number of hydrogen-bond donors (Lipinski definition) is 1. The van der Waals surface area contributed by atoms with Crippen LogP contribution >= 0.6 is 0 Å². The maximum absolute atomic E-state index is 12.7. The van der Waals surface area contributed by atoms with Crippen molar-refractivity contribution in [2.24, 2.45) is 0 Å². The van der Waals surface area contributed by atoms with Crippen molar-refractivity contribution in [2.75, 3.05) is 5.32 Å². The van der Waals surface area contributed by atoms with E-state index in [0.717, 1.165) is 6.07 Å². The molecule has 0 unspecified atom stereocenters. The zero-order valence-corrected chi connectivity index (χ0v) is 11.3. The van der Waals surface area contributed by atoms with Gasteiger partial charge < -0.3 is 10.1 Å². The van der Waals surface area contributed by atoms with E-state index in [1.807, 2.05) is 19.9 Å². The predicted molar refractivity (Wildman–Crippen MR) is 74.4 cm³/mol. The molecule has 4 nitrogen and oxygen atoms in total. The van der Waals surface area contributed by atoms with Crippen molar-refractivity contribution in [2.45, 2.75) is 20.0 Å². The van der Waals surface area contributed by atoms with Gasteiger partial charge in [-0.2, -0.15) is 4.39 Å². The molecule has 20 heavy (non-hydrogen) atoms. The molecule has 0 saturated heterocycles. The van der Waals surface area contributed by atoms with Crippen LogP contribution < -0.4 is 10.1 Å². The van der Waals surface area contributed by atoms with E-state index in [1.54, 1.807) is 18.2 Å². The Morgan fingerprint density at radius 2 is 2.00 bits per heavy atom. The van der Waals surface area contributed by atoms with Gasteiger partial charge in [-0.25, -0.2) is 4.98 Å². The summed E-state index contributed by atoms with van der Waals surface area (Å²) in [6.45, 7) is 3.81. The van der Waals surface area contributed by atoms with Gasteiger partial charge in [0.25, 0.3) is 5.91 Å². The lowest BCUT2D eigenvalue weighted by molar-refractivity contribution is 0.102. The number of ether oxygens (including phenoxy) is 1. The first-order chi connectivity index (χ1) is 9.56. The Balaban J connectivity index is 2.17. The number of amides is 1. The van der Waals surface area contributed by atoms with Crippen LogP contribution in [0.1, 0.15) is 24.2 Å². The highest BCUT2D eigenvalue weighted by Gasteiger charge is 2.11. The number of hydrogen-bond acceptors (Lipinski definition) is 3. The molecule has 1 aromatic carbocycles. The summed E-state index contributed by atoms with van der Waals surface area (Å²) in [5, 5.41) is 2.73. The van der Waals surface area contributed by atoms with E-state index >= 15 is 0 Å². The normalized spacial score (nSPS) is 10.4. The molecule has 0 fully saturated rings. The van der Waals surface area contributed by atoms with Crippen molar-refractivity contribution in [1.82, 2.24) is 4.98 Å². The van der Waals surface area contributed by atoms with Gasteiger partial charge in [0.05, 0.1) is 17.4 Å². The van der Waals surface area contributed by atoms with Gasteiger partial charge in [-0.15, -0.1) is 0 Å². The number of benzene rings is 1. The van der Waals surface area contributed by atoms with Crippen LogP contribution in [0, 0.1) is 5.95 Å². The fourth-order valence-electron chi connectivity index (χ4n) is 1.63. The number of rotatable bonds is 4. The molecule has 1 aromatic heterocycles. The van der Waals surface area contributed by atoms with Gasteiger partial charge in [-0.05, 0) is 38.1 Å². The van der Waals surface area contributed by atoms with Gasteiger partial charge in [0.2, 0.25) is 5.95 Å². The second kappa shape index (κ2) is 6.14. The summed E-state index contributed by atoms with van der Waals surface area (Å²) in [5.74, 6) is -0.395. The fourth-order valence-corrected chi connectivity index (χ4v) is 1.63. The third kappa shape index (κ3) is 3.54. The summed E-state index contributed by atoms with van der Waals surface area (Å²) in [4.78, 5) is 15.5. The molecule has 1 amide bonds. The summed E-state index contributed by atoms with van der Waals surface area (Å²) in [5.41, 5.74) is 0.848. The highest BCUT2D eigenvalue weighted by Crippen LogP contribution is 2.25. The van der Waals surface area contributed by atoms with Crippen molar-refractivity contribution < 1.29 is 13.9 Å². The van der Waals surface area contributed by atoms with E-state index in [9.17, 15) is 9.18 Å². The molecule has 0 atom stereocenters. The molecule has 2 aromatic rings. The van der Waals surface area contributed by atoms with E-state index < -0.39 is 5.95 Å². The van der Waals surface area contributed by atoms with Crippen LogP contribution in [0.25, 0.3) is 0 Å². The van der Waals surface area contributed by atoms with E-state index in [-0.39, 0.29) is 17.6 Å².